The van der Waals surface area contributed by atoms with Crippen LogP contribution < -0.4 is 10.6 Å². The molecule has 0 spiro atoms. The molecule has 3 unspecified atom stereocenters. The van der Waals surface area contributed by atoms with E-state index in [-0.39, 0.29) is 29.1 Å². The summed E-state index contributed by atoms with van der Waals surface area (Å²) in [5, 5.41) is 5.59. The molecular formula is C31H66N2O8S2. The van der Waals surface area contributed by atoms with Gasteiger partial charge in [-0.25, -0.2) is 0 Å². The van der Waals surface area contributed by atoms with E-state index in [0.717, 1.165) is 0 Å². The van der Waals surface area contributed by atoms with Crippen molar-refractivity contribution in [1.29, 1.82) is 0 Å². The summed E-state index contributed by atoms with van der Waals surface area (Å²) in [7, 11) is -8.61. The molecule has 0 saturated heterocycles. The van der Waals surface area contributed by atoms with Gasteiger partial charge >= 0.3 is 0 Å². The van der Waals surface area contributed by atoms with E-state index in [1.807, 2.05) is 83.1 Å². The van der Waals surface area contributed by atoms with Crippen LogP contribution in [0, 0.1) is 34.5 Å². The average molecular weight is 659 g/mol. The van der Waals surface area contributed by atoms with E-state index in [1.165, 1.54) is 13.8 Å². The molecule has 0 radical (unpaired) electrons. The van der Waals surface area contributed by atoms with Crippen molar-refractivity contribution in [1.82, 2.24) is 10.6 Å². The minimum atomic E-state index is -4.31. The Kier molecular flexibility index (Phi) is 19.4. The lowest BCUT2D eigenvalue weighted by atomic mass is 9.69. The highest BCUT2D eigenvalue weighted by atomic mass is 32.2. The fraction of sp³-hybridized carbons (Fsp3) is 0.935. The fourth-order valence-corrected chi connectivity index (χ4v) is 6.99. The summed E-state index contributed by atoms with van der Waals surface area (Å²) >= 11 is 0. The molecule has 0 aliphatic carbocycles. The lowest BCUT2D eigenvalue weighted by Crippen LogP contribution is -2.52. The van der Waals surface area contributed by atoms with Crippen molar-refractivity contribution in [2.75, 3.05) is 11.5 Å². The number of hydrogen-bond acceptors (Lipinski definition) is 6. The molecule has 2 amide bonds. The zero-order chi connectivity index (χ0) is 35.4. The van der Waals surface area contributed by atoms with E-state index < -0.39 is 60.1 Å². The van der Waals surface area contributed by atoms with Crippen molar-refractivity contribution < 1.29 is 35.5 Å². The van der Waals surface area contributed by atoms with Gasteiger partial charge in [-0.3, -0.25) is 18.7 Å². The second-order valence-corrected chi connectivity index (χ2v) is 18.0. The average Bonchev–Trinajstić information content (AvgIpc) is 2.72. The Bertz CT molecular complexity index is 1050. The van der Waals surface area contributed by atoms with Crippen molar-refractivity contribution in [3.05, 3.63) is 0 Å². The standard InChI is InChI=1S/C27H54N2O8S2.2C2H6/c1-18(2)19(14-21(25(6,7)8)23(31)29-27(11,12)17-39(35,36)37)13-20(15-24(3,4)5)22(30)28-26(9,10)16-38(32,33)34;2*1-2/h18-21H,13-17H2,1-12H3,(H,28,30)(H,29,31)(H,32,33,34)(H,35,36,37);2*1-2H3. The van der Waals surface area contributed by atoms with E-state index >= 15 is 0 Å². The zero-order valence-corrected chi connectivity index (χ0v) is 31.6. The highest BCUT2D eigenvalue weighted by Gasteiger charge is 2.39. The van der Waals surface area contributed by atoms with E-state index in [4.69, 9.17) is 0 Å². The van der Waals surface area contributed by atoms with Crippen molar-refractivity contribution in [3.8, 4) is 0 Å². The molecule has 260 valence electrons. The van der Waals surface area contributed by atoms with Crippen molar-refractivity contribution in [3.63, 3.8) is 0 Å². The predicted molar refractivity (Wildman–Crippen MR) is 178 cm³/mol. The summed E-state index contributed by atoms with van der Waals surface area (Å²) in [6, 6.07) is 0. The molecule has 0 aromatic carbocycles. The van der Waals surface area contributed by atoms with Gasteiger partial charge in [0.15, 0.2) is 0 Å². The van der Waals surface area contributed by atoms with Gasteiger partial charge in [0.25, 0.3) is 20.2 Å². The van der Waals surface area contributed by atoms with Gasteiger partial charge in [-0.2, -0.15) is 16.8 Å². The Morgan fingerprint density at radius 1 is 0.651 bits per heavy atom. The molecule has 0 aliphatic rings. The Labute approximate surface area is 264 Å². The minimum Gasteiger partial charge on any atom is -0.350 e. The number of amides is 2. The van der Waals surface area contributed by atoms with Gasteiger partial charge in [-0.15, -0.1) is 0 Å². The quantitative estimate of drug-likeness (QED) is 0.156. The third-order valence-corrected chi connectivity index (χ3v) is 8.84. The smallest absolute Gasteiger partial charge is 0.267 e. The number of rotatable bonds is 14. The van der Waals surface area contributed by atoms with Crippen LogP contribution in [0.5, 0.6) is 0 Å². The van der Waals surface area contributed by atoms with Gasteiger partial charge < -0.3 is 10.6 Å². The van der Waals surface area contributed by atoms with Crippen LogP contribution in [0.15, 0.2) is 0 Å². The Balaban J connectivity index is -0.00000382. The van der Waals surface area contributed by atoms with Gasteiger partial charge in [0, 0.05) is 11.8 Å². The van der Waals surface area contributed by atoms with Crippen LogP contribution in [0.3, 0.4) is 0 Å². The van der Waals surface area contributed by atoms with Crippen LogP contribution in [-0.2, 0) is 29.8 Å². The topological polar surface area (TPSA) is 167 Å². The van der Waals surface area contributed by atoms with E-state index in [2.05, 4.69) is 10.6 Å². The highest BCUT2D eigenvalue weighted by Crippen LogP contribution is 2.39. The lowest BCUT2D eigenvalue weighted by Gasteiger charge is -2.38. The summed E-state index contributed by atoms with van der Waals surface area (Å²) in [5.41, 5.74) is -3.06. The number of carbonyl (C=O) groups excluding carboxylic acids is 2. The minimum absolute atomic E-state index is 0.0625. The summed E-state index contributed by atoms with van der Waals surface area (Å²) in [4.78, 5) is 26.9. The molecule has 0 fully saturated rings. The summed E-state index contributed by atoms with van der Waals surface area (Å²) in [5.74, 6) is -2.82. The molecule has 0 rings (SSSR count). The Morgan fingerprint density at radius 3 is 1.28 bits per heavy atom. The molecule has 0 bridgehead atoms. The zero-order valence-electron chi connectivity index (χ0n) is 30.0. The molecule has 10 nitrogen and oxygen atoms in total. The first-order chi connectivity index (χ1) is 18.9. The van der Waals surface area contributed by atoms with Crippen LogP contribution in [0.4, 0.5) is 0 Å². The maximum atomic E-state index is 13.5. The molecule has 12 heteroatoms. The number of nitrogens with one attached hydrogen (secondary N) is 2. The van der Waals surface area contributed by atoms with E-state index in [1.54, 1.807) is 13.8 Å². The van der Waals surface area contributed by atoms with Crippen LogP contribution in [0.2, 0.25) is 0 Å². The van der Waals surface area contributed by atoms with E-state index in [9.17, 15) is 35.5 Å². The summed E-state index contributed by atoms with van der Waals surface area (Å²) < 4.78 is 64.5. The molecule has 0 aromatic heterocycles. The molecule has 0 heterocycles. The van der Waals surface area contributed by atoms with Crippen LogP contribution in [0.25, 0.3) is 0 Å². The molecule has 0 aliphatic heterocycles. The summed E-state index contributed by atoms with van der Waals surface area (Å²) in [6.07, 6.45) is 1.42. The highest BCUT2D eigenvalue weighted by molar-refractivity contribution is 7.86. The first-order valence-corrected chi connectivity index (χ1v) is 18.7. The maximum absolute atomic E-state index is 13.5. The normalized spacial score (nSPS) is 15.2. The Morgan fingerprint density at radius 2 is 1.00 bits per heavy atom. The van der Waals surface area contributed by atoms with Gasteiger partial charge in [-0.1, -0.05) is 83.1 Å². The molecule has 0 saturated carbocycles. The monoisotopic (exact) mass is 658 g/mol. The SMILES string of the molecule is CC.CC.CC(C)C(CC(CC(C)(C)C)C(=O)NC(C)(C)CS(=O)(=O)O)CC(C(=O)NC(C)(C)CS(=O)(=O)O)C(C)(C)C. The van der Waals surface area contributed by atoms with Crippen molar-refractivity contribution >= 4 is 32.1 Å². The largest absolute Gasteiger partial charge is 0.350 e. The molecule has 0 aromatic rings. The second kappa shape index (κ2) is 18.0. The van der Waals surface area contributed by atoms with Gasteiger partial charge in [0.05, 0.1) is 22.6 Å². The number of hydrogen-bond donors (Lipinski definition) is 4. The van der Waals surface area contributed by atoms with Crippen molar-refractivity contribution in [2.24, 2.45) is 34.5 Å². The maximum Gasteiger partial charge on any atom is 0.267 e. The first kappa shape index (κ1) is 46.2. The predicted octanol–water partition coefficient (Wildman–Crippen LogP) is 6.37. The van der Waals surface area contributed by atoms with E-state index in [0.29, 0.717) is 19.3 Å². The van der Waals surface area contributed by atoms with Crippen LogP contribution >= 0.6 is 0 Å². The van der Waals surface area contributed by atoms with Gasteiger partial charge in [0.1, 0.15) is 0 Å². The molecule has 43 heavy (non-hydrogen) atoms. The third kappa shape index (κ3) is 22.9. The third-order valence-electron chi connectivity index (χ3n) is 6.67. The van der Waals surface area contributed by atoms with Crippen molar-refractivity contribution in [2.45, 2.75) is 141 Å². The lowest BCUT2D eigenvalue weighted by molar-refractivity contribution is -0.131. The molecular weight excluding hydrogens is 592 g/mol. The van der Waals surface area contributed by atoms with Crippen LogP contribution in [0.1, 0.15) is 130 Å². The molecule has 3 atom stereocenters. The second-order valence-electron chi connectivity index (χ2n) is 15.1. The molecule has 4 N–H and O–H groups in total. The van der Waals surface area contributed by atoms with Crippen LogP contribution in [-0.4, -0.2) is 60.3 Å². The fourth-order valence-electron chi connectivity index (χ4n) is 5.03. The van der Waals surface area contributed by atoms with Gasteiger partial charge in [-0.05, 0) is 69.6 Å². The summed E-state index contributed by atoms with van der Waals surface area (Å²) in [6.45, 7) is 30.1. The first-order valence-electron chi connectivity index (χ1n) is 15.5. The number of carbonyl (C=O) groups is 2. The van der Waals surface area contributed by atoms with Gasteiger partial charge in [0.2, 0.25) is 11.8 Å². The Hall–Kier alpha value is -1.24.